The summed E-state index contributed by atoms with van der Waals surface area (Å²) in [4.78, 5) is 2.75. The standard InChI is InChI=1S/C19H38N2/c1-3-20-18-15-10-8-6-4-5-7-9-11-16-19(18)21(2)17-13-12-14-17/h17-20H,3-16H2,1-2H3. The van der Waals surface area contributed by atoms with Crippen LogP contribution < -0.4 is 5.32 Å². The third kappa shape index (κ3) is 5.56. The summed E-state index contributed by atoms with van der Waals surface area (Å²) >= 11 is 0. The van der Waals surface area contributed by atoms with Crippen molar-refractivity contribution in [3.63, 3.8) is 0 Å². The monoisotopic (exact) mass is 294 g/mol. The Bertz CT molecular complexity index is 262. The molecule has 0 amide bonds. The van der Waals surface area contributed by atoms with Crippen LogP contribution in [-0.2, 0) is 0 Å². The van der Waals surface area contributed by atoms with Gasteiger partial charge in [-0.05, 0) is 39.3 Å². The molecule has 1 N–H and O–H groups in total. The second-order valence-corrected chi connectivity index (χ2v) is 7.39. The van der Waals surface area contributed by atoms with Crippen LogP contribution in [-0.4, -0.2) is 36.6 Å². The van der Waals surface area contributed by atoms with E-state index in [4.69, 9.17) is 0 Å². The molecule has 0 aromatic carbocycles. The predicted octanol–water partition coefficient (Wildman–Crippen LogP) is 4.73. The summed E-state index contributed by atoms with van der Waals surface area (Å²) in [6.45, 7) is 3.40. The van der Waals surface area contributed by atoms with Crippen molar-refractivity contribution in [3.05, 3.63) is 0 Å². The molecule has 0 aromatic heterocycles. The number of hydrogen-bond donors (Lipinski definition) is 1. The van der Waals surface area contributed by atoms with Gasteiger partial charge in [0.1, 0.15) is 0 Å². The summed E-state index contributed by atoms with van der Waals surface area (Å²) in [6.07, 6.45) is 18.7. The highest BCUT2D eigenvalue weighted by Gasteiger charge is 2.31. The van der Waals surface area contributed by atoms with Gasteiger partial charge in [0.05, 0.1) is 0 Å². The maximum atomic E-state index is 3.83. The van der Waals surface area contributed by atoms with Crippen molar-refractivity contribution in [1.82, 2.24) is 10.2 Å². The quantitative estimate of drug-likeness (QED) is 0.806. The second kappa shape index (κ2) is 9.84. The fraction of sp³-hybridized carbons (Fsp3) is 1.00. The summed E-state index contributed by atoms with van der Waals surface area (Å²) in [5, 5.41) is 3.83. The summed E-state index contributed by atoms with van der Waals surface area (Å²) in [7, 11) is 2.41. The van der Waals surface area contributed by atoms with Crippen LogP contribution in [0, 0.1) is 0 Å². The van der Waals surface area contributed by atoms with Gasteiger partial charge < -0.3 is 5.32 Å². The van der Waals surface area contributed by atoms with Gasteiger partial charge >= 0.3 is 0 Å². The highest BCUT2D eigenvalue weighted by atomic mass is 15.2. The van der Waals surface area contributed by atoms with Gasteiger partial charge in [-0.3, -0.25) is 4.90 Å². The zero-order valence-electron chi connectivity index (χ0n) is 14.6. The van der Waals surface area contributed by atoms with E-state index in [-0.39, 0.29) is 0 Å². The first-order valence-corrected chi connectivity index (χ1v) is 9.78. The zero-order chi connectivity index (χ0) is 14.9. The van der Waals surface area contributed by atoms with Gasteiger partial charge in [-0.2, -0.15) is 0 Å². The van der Waals surface area contributed by atoms with Crippen molar-refractivity contribution in [1.29, 1.82) is 0 Å². The van der Waals surface area contributed by atoms with Gasteiger partial charge in [-0.25, -0.2) is 0 Å². The summed E-state index contributed by atoms with van der Waals surface area (Å²) in [6, 6.07) is 2.37. The maximum absolute atomic E-state index is 3.83. The van der Waals surface area contributed by atoms with Gasteiger partial charge in [-0.15, -0.1) is 0 Å². The first-order chi connectivity index (χ1) is 10.3. The topological polar surface area (TPSA) is 15.3 Å². The third-order valence-electron chi connectivity index (χ3n) is 5.87. The lowest BCUT2D eigenvalue weighted by Crippen LogP contribution is -2.53. The smallest absolute Gasteiger partial charge is 0.0249 e. The van der Waals surface area contributed by atoms with Crippen LogP contribution in [0.3, 0.4) is 0 Å². The van der Waals surface area contributed by atoms with E-state index in [1.54, 1.807) is 0 Å². The molecule has 2 rings (SSSR count). The first-order valence-electron chi connectivity index (χ1n) is 9.78. The third-order valence-corrected chi connectivity index (χ3v) is 5.87. The predicted molar refractivity (Wildman–Crippen MR) is 92.8 cm³/mol. The summed E-state index contributed by atoms with van der Waals surface area (Å²) in [5.74, 6) is 0. The van der Waals surface area contributed by atoms with Crippen LogP contribution in [0.15, 0.2) is 0 Å². The molecular weight excluding hydrogens is 256 g/mol. The Labute approximate surface area is 133 Å². The minimum absolute atomic E-state index is 0.722. The molecule has 0 saturated heterocycles. The Morgan fingerprint density at radius 2 is 1.33 bits per heavy atom. The normalized spacial score (nSPS) is 30.4. The Morgan fingerprint density at radius 1 is 0.762 bits per heavy atom. The van der Waals surface area contributed by atoms with Crippen molar-refractivity contribution < 1.29 is 0 Å². The van der Waals surface area contributed by atoms with E-state index in [0.29, 0.717) is 0 Å². The van der Waals surface area contributed by atoms with Gasteiger partial charge in [-0.1, -0.05) is 64.7 Å². The zero-order valence-corrected chi connectivity index (χ0v) is 14.6. The molecule has 2 aliphatic carbocycles. The maximum Gasteiger partial charge on any atom is 0.0249 e. The lowest BCUT2D eigenvalue weighted by Gasteiger charge is -2.44. The molecular formula is C19H38N2. The second-order valence-electron chi connectivity index (χ2n) is 7.39. The molecule has 0 radical (unpaired) electrons. The molecule has 2 nitrogen and oxygen atoms in total. The van der Waals surface area contributed by atoms with Crippen LogP contribution in [0.1, 0.15) is 90.4 Å². The minimum atomic E-state index is 0.722. The molecule has 124 valence electrons. The molecule has 0 aliphatic heterocycles. The van der Waals surface area contributed by atoms with E-state index in [0.717, 1.165) is 24.7 Å². The lowest BCUT2D eigenvalue weighted by atomic mass is 9.87. The SMILES string of the molecule is CCNC1CCCCCCCCCCC1N(C)C1CCC1. The van der Waals surface area contributed by atoms with Crippen molar-refractivity contribution in [2.24, 2.45) is 0 Å². The largest absolute Gasteiger partial charge is 0.313 e. The average Bonchev–Trinajstić information content (AvgIpc) is 2.40. The molecule has 0 aromatic rings. The van der Waals surface area contributed by atoms with Crippen LogP contribution in [0.25, 0.3) is 0 Å². The fourth-order valence-electron chi connectivity index (χ4n) is 4.22. The van der Waals surface area contributed by atoms with Gasteiger partial charge in [0.15, 0.2) is 0 Å². The van der Waals surface area contributed by atoms with E-state index in [1.807, 2.05) is 0 Å². The van der Waals surface area contributed by atoms with E-state index >= 15 is 0 Å². The van der Waals surface area contributed by atoms with E-state index in [1.165, 1.54) is 83.5 Å². The molecule has 0 bridgehead atoms. The van der Waals surface area contributed by atoms with Gasteiger partial charge in [0, 0.05) is 18.1 Å². The van der Waals surface area contributed by atoms with Crippen LogP contribution in [0.5, 0.6) is 0 Å². The highest BCUT2D eigenvalue weighted by molar-refractivity contribution is 4.89. The van der Waals surface area contributed by atoms with Crippen molar-refractivity contribution in [2.45, 2.75) is 109 Å². The summed E-state index contributed by atoms with van der Waals surface area (Å²) < 4.78 is 0. The molecule has 2 fully saturated rings. The summed E-state index contributed by atoms with van der Waals surface area (Å²) in [5.41, 5.74) is 0. The Balaban J connectivity index is 1.95. The lowest BCUT2D eigenvalue weighted by molar-refractivity contribution is 0.0771. The van der Waals surface area contributed by atoms with Crippen molar-refractivity contribution in [3.8, 4) is 0 Å². The highest BCUT2D eigenvalue weighted by Crippen LogP contribution is 2.29. The first kappa shape index (κ1) is 17.3. The average molecular weight is 295 g/mol. The fourth-order valence-corrected chi connectivity index (χ4v) is 4.22. The molecule has 2 unspecified atom stereocenters. The van der Waals surface area contributed by atoms with Crippen LogP contribution in [0.2, 0.25) is 0 Å². The number of hydrogen-bond acceptors (Lipinski definition) is 2. The van der Waals surface area contributed by atoms with E-state index in [9.17, 15) is 0 Å². The van der Waals surface area contributed by atoms with Crippen molar-refractivity contribution in [2.75, 3.05) is 13.6 Å². The number of nitrogens with zero attached hydrogens (tertiary/aromatic N) is 1. The molecule has 0 spiro atoms. The van der Waals surface area contributed by atoms with Gasteiger partial charge in [0.25, 0.3) is 0 Å². The van der Waals surface area contributed by atoms with Gasteiger partial charge in [0.2, 0.25) is 0 Å². The molecule has 2 atom stereocenters. The van der Waals surface area contributed by atoms with Crippen LogP contribution >= 0.6 is 0 Å². The number of rotatable bonds is 4. The van der Waals surface area contributed by atoms with E-state index in [2.05, 4.69) is 24.2 Å². The Hall–Kier alpha value is -0.0800. The van der Waals surface area contributed by atoms with Crippen LogP contribution in [0.4, 0.5) is 0 Å². The molecule has 2 aliphatic rings. The molecule has 0 heterocycles. The van der Waals surface area contributed by atoms with Crippen molar-refractivity contribution >= 4 is 0 Å². The Morgan fingerprint density at radius 3 is 1.86 bits per heavy atom. The number of nitrogens with one attached hydrogen (secondary N) is 1. The number of likely N-dealkylation sites (N-methyl/N-ethyl adjacent to an activating group) is 2. The minimum Gasteiger partial charge on any atom is -0.313 e. The molecule has 21 heavy (non-hydrogen) atoms. The molecule has 2 saturated carbocycles. The molecule has 2 heteroatoms. The van der Waals surface area contributed by atoms with E-state index < -0.39 is 0 Å². The Kier molecular flexibility index (Phi) is 8.10.